The maximum absolute atomic E-state index is 12.5. The highest BCUT2D eigenvalue weighted by Crippen LogP contribution is 2.25. The molecule has 0 spiro atoms. The van der Waals surface area contributed by atoms with Gasteiger partial charge in [0, 0.05) is 22.7 Å². The van der Waals surface area contributed by atoms with E-state index in [9.17, 15) is 14.4 Å². The average molecular weight is 497 g/mol. The first-order valence-corrected chi connectivity index (χ1v) is 12.4. The first kappa shape index (κ1) is 26.2. The Balaban J connectivity index is 1.44. The molecule has 3 rings (SSSR count). The molecular weight excluding hydrogens is 464 g/mol. The third kappa shape index (κ3) is 8.36. The van der Waals surface area contributed by atoms with Gasteiger partial charge in [-0.05, 0) is 73.9 Å². The van der Waals surface area contributed by atoms with Crippen LogP contribution in [0.25, 0.3) is 0 Å². The molecule has 0 aliphatic heterocycles. The lowest BCUT2D eigenvalue weighted by molar-refractivity contribution is -0.120. The molecule has 0 bridgehead atoms. The highest BCUT2D eigenvalue weighted by atomic mass is 32.1. The summed E-state index contributed by atoms with van der Waals surface area (Å²) in [7, 11) is 0. The molecule has 9 heteroatoms. The van der Waals surface area contributed by atoms with Crippen molar-refractivity contribution in [2.45, 2.75) is 51.9 Å². The molecule has 1 aliphatic rings. The van der Waals surface area contributed by atoms with Crippen LogP contribution in [0.15, 0.2) is 48.5 Å². The fourth-order valence-electron chi connectivity index (χ4n) is 3.77. The van der Waals surface area contributed by atoms with Crippen molar-refractivity contribution in [2.24, 2.45) is 5.92 Å². The van der Waals surface area contributed by atoms with Gasteiger partial charge in [0.15, 0.2) is 5.11 Å². The number of benzene rings is 2. The van der Waals surface area contributed by atoms with Crippen LogP contribution in [-0.2, 0) is 4.79 Å². The van der Waals surface area contributed by atoms with E-state index < -0.39 is 11.8 Å². The number of nitrogens with one attached hydrogen (secondary N) is 4. The Hall–Kier alpha value is -3.46. The Morgan fingerprint density at radius 1 is 0.943 bits per heavy atom. The largest absolute Gasteiger partial charge is 0.494 e. The standard InChI is InChI=1S/C26H32N4O4S/c1-2-3-16-34-22-11-7-10-20(17-22)24(32)28-26(35)30-29-25(33)19-12-14-21(15-13-19)27-23(31)18-8-5-4-6-9-18/h7,10-15,17-18H,2-6,8-9,16H2,1H3,(H,27,31)(H,29,33)(H2,28,30,32,35). The molecule has 1 aliphatic carbocycles. The normalized spacial score (nSPS) is 13.4. The number of thiocarbonyl (C=S) groups is 1. The number of hydrogen-bond acceptors (Lipinski definition) is 5. The Morgan fingerprint density at radius 2 is 1.69 bits per heavy atom. The first-order valence-electron chi connectivity index (χ1n) is 12.0. The molecule has 0 unspecified atom stereocenters. The lowest BCUT2D eigenvalue weighted by atomic mass is 9.88. The molecule has 35 heavy (non-hydrogen) atoms. The van der Waals surface area contributed by atoms with Crippen LogP contribution in [-0.4, -0.2) is 29.4 Å². The number of hydrazine groups is 1. The van der Waals surface area contributed by atoms with E-state index in [1.807, 2.05) is 0 Å². The molecule has 186 valence electrons. The Bertz CT molecular complexity index is 1040. The summed E-state index contributed by atoms with van der Waals surface area (Å²) in [5, 5.41) is 5.40. The summed E-state index contributed by atoms with van der Waals surface area (Å²) in [6, 6.07) is 13.4. The number of anilines is 1. The Labute approximate surface area is 211 Å². The highest BCUT2D eigenvalue weighted by Gasteiger charge is 2.21. The van der Waals surface area contributed by atoms with Crippen LogP contribution in [0.5, 0.6) is 5.75 Å². The van der Waals surface area contributed by atoms with Crippen molar-refractivity contribution in [1.29, 1.82) is 0 Å². The van der Waals surface area contributed by atoms with E-state index in [4.69, 9.17) is 17.0 Å². The van der Waals surface area contributed by atoms with Gasteiger partial charge in [0.2, 0.25) is 5.91 Å². The smallest absolute Gasteiger partial charge is 0.269 e. The van der Waals surface area contributed by atoms with Crippen LogP contribution in [0.4, 0.5) is 5.69 Å². The van der Waals surface area contributed by atoms with E-state index in [1.165, 1.54) is 6.42 Å². The van der Waals surface area contributed by atoms with Crippen LogP contribution in [0.2, 0.25) is 0 Å². The second-order valence-corrected chi connectivity index (χ2v) is 8.90. The lowest BCUT2D eigenvalue weighted by Crippen LogP contribution is -2.48. The quantitative estimate of drug-likeness (QED) is 0.246. The van der Waals surface area contributed by atoms with Gasteiger partial charge in [0.25, 0.3) is 11.8 Å². The van der Waals surface area contributed by atoms with Crippen LogP contribution >= 0.6 is 12.2 Å². The van der Waals surface area contributed by atoms with E-state index in [0.717, 1.165) is 38.5 Å². The number of carbonyl (C=O) groups is 3. The van der Waals surface area contributed by atoms with Gasteiger partial charge in [-0.15, -0.1) is 0 Å². The van der Waals surface area contributed by atoms with Gasteiger partial charge < -0.3 is 10.1 Å². The Morgan fingerprint density at radius 3 is 2.40 bits per heavy atom. The molecule has 3 amide bonds. The van der Waals surface area contributed by atoms with Crippen molar-refractivity contribution in [2.75, 3.05) is 11.9 Å². The summed E-state index contributed by atoms with van der Waals surface area (Å²) in [5.74, 6) is -0.156. The summed E-state index contributed by atoms with van der Waals surface area (Å²) in [6.07, 6.45) is 7.17. The van der Waals surface area contributed by atoms with E-state index in [1.54, 1.807) is 48.5 Å². The van der Waals surface area contributed by atoms with Crippen molar-refractivity contribution >= 4 is 40.7 Å². The van der Waals surface area contributed by atoms with E-state index >= 15 is 0 Å². The number of rotatable bonds is 8. The summed E-state index contributed by atoms with van der Waals surface area (Å²) < 4.78 is 5.62. The SMILES string of the molecule is CCCCOc1cccc(C(=O)NC(=S)NNC(=O)c2ccc(NC(=O)C3CCCCC3)cc2)c1. The van der Waals surface area contributed by atoms with E-state index in [0.29, 0.717) is 29.2 Å². The minimum Gasteiger partial charge on any atom is -0.494 e. The summed E-state index contributed by atoms with van der Waals surface area (Å²) in [6.45, 7) is 2.66. The van der Waals surface area contributed by atoms with Crippen molar-refractivity contribution in [1.82, 2.24) is 16.2 Å². The third-order valence-electron chi connectivity index (χ3n) is 5.77. The molecule has 8 nitrogen and oxygen atoms in total. The fraction of sp³-hybridized carbons (Fsp3) is 0.385. The average Bonchev–Trinajstić information content (AvgIpc) is 2.88. The number of amides is 3. The molecule has 0 atom stereocenters. The summed E-state index contributed by atoms with van der Waals surface area (Å²) in [5.41, 5.74) is 6.39. The summed E-state index contributed by atoms with van der Waals surface area (Å²) >= 11 is 5.11. The summed E-state index contributed by atoms with van der Waals surface area (Å²) in [4.78, 5) is 37.2. The highest BCUT2D eigenvalue weighted by molar-refractivity contribution is 7.80. The molecule has 1 fully saturated rings. The third-order valence-corrected chi connectivity index (χ3v) is 5.97. The zero-order chi connectivity index (χ0) is 25.0. The monoisotopic (exact) mass is 496 g/mol. The van der Waals surface area contributed by atoms with Crippen molar-refractivity contribution in [3.05, 3.63) is 59.7 Å². The zero-order valence-corrected chi connectivity index (χ0v) is 20.7. The van der Waals surface area contributed by atoms with Crippen LogP contribution < -0.4 is 26.2 Å². The number of ether oxygens (including phenoxy) is 1. The van der Waals surface area contributed by atoms with Gasteiger partial charge in [0.1, 0.15) is 5.75 Å². The van der Waals surface area contributed by atoms with Crippen molar-refractivity contribution < 1.29 is 19.1 Å². The molecule has 4 N–H and O–H groups in total. The van der Waals surface area contributed by atoms with E-state index in [-0.39, 0.29) is 16.9 Å². The molecular formula is C26H32N4O4S. The van der Waals surface area contributed by atoms with Gasteiger partial charge in [-0.25, -0.2) is 0 Å². The van der Waals surface area contributed by atoms with Gasteiger partial charge >= 0.3 is 0 Å². The van der Waals surface area contributed by atoms with E-state index in [2.05, 4.69) is 28.4 Å². The predicted octanol–water partition coefficient (Wildman–Crippen LogP) is 4.33. The van der Waals surface area contributed by atoms with Gasteiger partial charge in [-0.2, -0.15) is 0 Å². The van der Waals surface area contributed by atoms with Crippen molar-refractivity contribution in [3.63, 3.8) is 0 Å². The number of hydrogen-bond donors (Lipinski definition) is 4. The molecule has 0 aromatic heterocycles. The second-order valence-electron chi connectivity index (χ2n) is 8.49. The van der Waals surface area contributed by atoms with Crippen LogP contribution in [0.3, 0.4) is 0 Å². The number of unbranched alkanes of at least 4 members (excludes halogenated alkanes) is 1. The van der Waals surface area contributed by atoms with Crippen LogP contribution in [0, 0.1) is 5.92 Å². The molecule has 2 aromatic rings. The molecule has 0 radical (unpaired) electrons. The molecule has 2 aromatic carbocycles. The van der Waals surface area contributed by atoms with Crippen molar-refractivity contribution in [3.8, 4) is 5.75 Å². The molecule has 0 saturated heterocycles. The maximum Gasteiger partial charge on any atom is 0.269 e. The number of carbonyl (C=O) groups excluding carboxylic acids is 3. The fourth-order valence-corrected chi connectivity index (χ4v) is 3.91. The predicted molar refractivity (Wildman–Crippen MR) is 139 cm³/mol. The minimum absolute atomic E-state index is 0.0303. The second kappa shape index (κ2) is 13.4. The lowest BCUT2D eigenvalue weighted by Gasteiger charge is -2.20. The minimum atomic E-state index is -0.432. The zero-order valence-electron chi connectivity index (χ0n) is 19.9. The van der Waals surface area contributed by atoms with Gasteiger partial charge in [-0.3, -0.25) is 30.6 Å². The Kier molecular flexibility index (Phi) is 10.0. The first-order chi connectivity index (χ1) is 17.0. The topological polar surface area (TPSA) is 109 Å². The van der Waals surface area contributed by atoms with Crippen LogP contribution in [0.1, 0.15) is 72.6 Å². The molecule has 1 saturated carbocycles. The molecule has 0 heterocycles. The maximum atomic E-state index is 12.5. The van der Waals surface area contributed by atoms with Gasteiger partial charge in [-0.1, -0.05) is 38.7 Å². The van der Waals surface area contributed by atoms with Gasteiger partial charge in [0.05, 0.1) is 6.61 Å².